The maximum atomic E-state index is 13.0. The van der Waals surface area contributed by atoms with Crippen molar-refractivity contribution in [1.82, 2.24) is 9.88 Å². The zero-order valence-corrected chi connectivity index (χ0v) is 14.2. The van der Waals surface area contributed by atoms with Gasteiger partial charge >= 0.3 is 0 Å². The smallest absolute Gasteiger partial charge is 0.295 e. The maximum Gasteiger partial charge on any atom is 0.295 e. The summed E-state index contributed by atoms with van der Waals surface area (Å²) in [4.78, 5) is 33.6. The van der Waals surface area contributed by atoms with E-state index in [9.17, 15) is 14.7 Å². The van der Waals surface area contributed by atoms with Crippen LogP contribution >= 0.6 is 0 Å². The molecular formula is C20H15N3O4. The molecule has 0 bridgehead atoms. The number of rotatable bonds is 4. The lowest BCUT2D eigenvalue weighted by Crippen LogP contribution is -2.29. The van der Waals surface area contributed by atoms with Crippen molar-refractivity contribution in [3.05, 3.63) is 89.9 Å². The van der Waals surface area contributed by atoms with Gasteiger partial charge in [0.1, 0.15) is 11.8 Å². The lowest BCUT2D eigenvalue weighted by Gasteiger charge is -2.25. The summed E-state index contributed by atoms with van der Waals surface area (Å²) in [5, 5.41) is 13.0. The fraction of sp³-hybridized carbons (Fsp3) is 0.100. The van der Waals surface area contributed by atoms with Crippen LogP contribution in [-0.2, 0) is 16.1 Å². The Morgan fingerprint density at radius 1 is 1.19 bits per heavy atom. The maximum absolute atomic E-state index is 13.0. The Hall–Kier alpha value is -3.74. The van der Waals surface area contributed by atoms with Crippen LogP contribution in [0.4, 0.5) is 0 Å². The number of nitrogens with one attached hydrogen (secondary N) is 1. The molecule has 134 valence electrons. The van der Waals surface area contributed by atoms with E-state index in [1.54, 1.807) is 30.6 Å². The van der Waals surface area contributed by atoms with Gasteiger partial charge in [0.05, 0.1) is 12.8 Å². The molecule has 4 rings (SSSR count). The van der Waals surface area contributed by atoms with E-state index in [0.29, 0.717) is 11.3 Å². The number of hydrogen-bond acceptors (Lipinski definition) is 5. The molecule has 0 radical (unpaired) electrons. The lowest BCUT2D eigenvalue weighted by atomic mass is 10.00. The zero-order chi connectivity index (χ0) is 18.8. The Labute approximate surface area is 154 Å². The summed E-state index contributed by atoms with van der Waals surface area (Å²) in [6, 6.07) is 9.09. The van der Waals surface area contributed by atoms with Crippen LogP contribution in [0.3, 0.4) is 0 Å². The molecule has 7 nitrogen and oxygen atoms in total. The second-order valence-electron chi connectivity index (χ2n) is 6.07. The Balaban J connectivity index is 1.83. The number of pyridine rings is 2. The van der Waals surface area contributed by atoms with Gasteiger partial charge in [0.25, 0.3) is 5.91 Å². The normalized spacial score (nSPS) is 18.8. The predicted molar refractivity (Wildman–Crippen MR) is 91.2 cm³/mol. The Kier molecular flexibility index (Phi) is 4.25. The Bertz CT molecular complexity index is 998. The van der Waals surface area contributed by atoms with Gasteiger partial charge < -0.3 is 14.4 Å². The molecule has 0 aliphatic carbocycles. The molecule has 1 aliphatic heterocycles. The molecule has 1 unspecified atom stereocenters. The van der Waals surface area contributed by atoms with Gasteiger partial charge in [-0.2, -0.15) is 0 Å². The molecular weight excluding hydrogens is 346 g/mol. The van der Waals surface area contributed by atoms with Crippen molar-refractivity contribution in [3.63, 3.8) is 0 Å². The molecule has 7 heteroatoms. The van der Waals surface area contributed by atoms with Crippen molar-refractivity contribution in [2.24, 2.45) is 0 Å². The van der Waals surface area contributed by atoms with E-state index >= 15 is 0 Å². The van der Waals surface area contributed by atoms with Crippen LogP contribution in [0.2, 0.25) is 0 Å². The number of furan rings is 1. The number of Topliss-reactive ketones (excluding diaryl/α,β-unsaturated/α-hetero) is 1. The molecule has 0 spiro atoms. The van der Waals surface area contributed by atoms with Gasteiger partial charge in [-0.3, -0.25) is 14.6 Å². The van der Waals surface area contributed by atoms with E-state index in [4.69, 9.17) is 4.42 Å². The number of aromatic amines is 1. The number of hydrogen-bond donors (Lipinski definition) is 0. The molecule has 1 atom stereocenters. The van der Waals surface area contributed by atoms with Gasteiger partial charge in [-0.05, 0) is 35.9 Å². The minimum absolute atomic E-state index is 0.110. The monoisotopic (exact) mass is 361 g/mol. The first-order valence-electron chi connectivity index (χ1n) is 8.32. The first kappa shape index (κ1) is 16.7. The van der Waals surface area contributed by atoms with Crippen LogP contribution in [0.15, 0.2) is 77.4 Å². The largest absolute Gasteiger partial charge is 0.872 e. The minimum atomic E-state index is -0.874. The molecule has 1 aliphatic rings. The third kappa shape index (κ3) is 2.99. The number of nitrogens with zero attached hydrogens (tertiary/aromatic N) is 2. The summed E-state index contributed by atoms with van der Waals surface area (Å²) >= 11 is 0. The highest BCUT2D eigenvalue weighted by Gasteiger charge is 2.45. The van der Waals surface area contributed by atoms with Gasteiger partial charge in [-0.1, -0.05) is 5.76 Å². The third-order valence-corrected chi connectivity index (χ3v) is 4.41. The fourth-order valence-corrected chi connectivity index (χ4v) is 3.16. The van der Waals surface area contributed by atoms with Crippen molar-refractivity contribution < 1.29 is 24.1 Å². The van der Waals surface area contributed by atoms with Crippen molar-refractivity contribution in [2.75, 3.05) is 0 Å². The van der Waals surface area contributed by atoms with E-state index in [1.165, 1.54) is 35.7 Å². The van der Waals surface area contributed by atoms with Crippen LogP contribution in [0, 0.1) is 0 Å². The molecule has 1 N–H and O–H groups in total. The highest BCUT2D eigenvalue weighted by atomic mass is 16.3. The van der Waals surface area contributed by atoms with E-state index in [1.807, 2.05) is 6.07 Å². The van der Waals surface area contributed by atoms with Crippen molar-refractivity contribution in [1.29, 1.82) is 0 Å². The van der Waals surface area contributed by atoms with Gasteiger partial charge in [0, 0.05) is 29.6 Å². The molecule has 0 aromatic carbocycles. The van der Waals surface area contributed by atoms with E-state index in [0.717, 1.165) is 5.56 Å². The number of carbonyl (C=O) groups is 2. The summed E-state index contributed by atoms with van der Waals surface area (Å²) in [7, 11) is 0. The zero-order valence-electron chi connectivity index (χ0n) is 14.2. The number of carbonyl (C=O) groups excluding carboxylic acids is 2. The standard InChI is InChI=1S/C20H15N3O4/c24-18(14-5-8-21-9-6-14)16-17(15-4-2-10-27-15)23(20(26)19(16)25)12-13-3-1-7-22-11-13/h1-11,17,24H,12H2. The second-order valence-corrected chi connectivity index (χ2v) is 6.07. The number of H-pyrrole nitrogens is 1. The highest BCUT2D eigenvalue weighted by Crippen LogP contribution is 2.39. The van der Waals surface area contributed by atoms with Gasteiger partial charge in [0.15, 0.2) is 12.4 Å². The molecule has 3 aromatic rings. The SMILES string of the molecule is O=C1C(=O)N(Cc2ccc[nH+]c2)C(c2ccco2)C1=C([O-])c1ccncc1. The van der Waals surface area contributed by atoms with E-state index in [2.05, 4.69) is 9.97 Å². The van der Waals surface area contributed by atoms with E-state index < -0.39 is 23.5 Å². The van der Waals surface area contributed by atoms with E-state index in [-0.39, 0.29) is 12.1 Å². The number of likely N-dealkylation sites (tertiary alicyclic amines) is 1. The Morgan fingerprint density at radius 3 is 2.67 bits per heavy atom. The van der Waals surface area contributed by atoms with Crippen molar-refractivity contribution in [2.45, 2.75) is 12.6 Å². The average molecular weight is 361 g/mol. The van der Waals surface area contributed by atoms with Crippen LogP contribution in [0.5, 0.6) is 0 Å². The first-order chi connectivity index (χ1) is 13.2. The average Bonchev–Trinajstić information content (AvgIpc) is 3.32. The van der Waals surface area contributed by atoms with Crippen molar-refractivity contribution in [3.8, 4) is 0 Å². The highest BCUT2D eigenvalue weighted by molar-refractivity contribution is 6.46. The summed E-state index contributed by atoms with van der Waals surface area (Å²) in [6.07, 6.45) is 7.86. The third-order valence-electron chi connectivity index (χ3n) is 4.41. The molecule has 27 heavy (non-hydrogen) atoms. The summed E-state index contributed by atoms with van der Waals surface area (Å²) in [5.74, 6) is -1.67. The second kappa shape index (κ2) is 6.87. The van der Waals surface area contributed by atoms with Crippen molar-refractivity contribution >= 4 is 17.4 Å². The predicted octanol–water partition coefficient (Wildman–Crippen LogP) is 0.913. The number of aromatic nitrogens is 2. The molecule has 0 saturated carbocycles. The minimum Gasteiger partial charge on any atom is -0.872 e. The number of ketones is 1. The Morgan fingerprint density at radius 2 is 2.00 bits per heavy atom. The summed E-state index contributed by atoms with van der Waals surface area (Å²) in [6.45, 7) is 0.167. The van der Waals surface area contributed by atoms with Gasteiger partial charge in [0.2, 0.25) is 5.78 Å². The topological polar surface area (TPSA) is 101 Å². The fourth-order valence-electron chi connectivity index (χ4n) is 3.16. The molecule has 1 saturated heterocycles. The quantitative estimate of drug-likeness (QED) is 0.391. The van der Waals surface area contributed by atoms with Crippen LogP contribution in [0.1, 0.15) is 22.9 Å². The first-order valence-corrected chi connectivity index (χ1v) is 8.32. The number of amides is 1. The molecule has 4 heterocycles. The summed E-state index contributed by atoms with van der Waals surface area (Å²) in [5.41, 5.74) is 0.987. The van der Waals surface area contributed by atoms with Crippen LogP contribution < -0.4 is 10.1 Å². The van der Waals surface area contributed by atoms with Crippen LogP contribution in [0.25, 0.3) is 5.76 Å². The summed E-state index contributed by atoms with van der Waals surface area (Å²) < 4.78 is 5.46. The van der Waals surface area contributed by atoms with Crippen LogP contribution in [-0.4, -0.2) is 21.6 Å². The van der Waals surface area contributed by atoms with Gasteiger partial charge in [-0.15, -0.1) is 0 Å². The molecule has 1 amide bonds. The molecule has 1 fully saturated rings. The van der Waals surface area contributed by atoms with Gasteiger partial charge in [-0.25, -0.2) is 4.98 Å². The molecule has 3 aromatic heterocycles. The lowest BCUT2D eigenvalue weighted by molar-refractivity contribution is -0.378.